The summed E-state index contributed by atoms with van der Waals surface area (Å²) in [7, 11) is 1.73. The molecule has 0 saturated carbocycles. The summed E-state index contributed by atoms with van der Waals surface area (Å²) in [5, 5.41) is 23.8. The average molecular weight is 385 g/mol. The molecule has 0 aliphatic carbocycles. The van der Waals surface area contributed by atoms with Gasteiger partial charge in [-0.3, -0.25) is 4.57 Å². The fourth-order valence-corrected chi connectivity index (χ4v) is 4.12. The number of anilines is 1. The van der Waals surface area contributed by atoms with Gasteiger partial charge in [-0.05, 0) is 25.9 Å². The number of nitrogens with one attached hydrogen (secondary N) is 2. The molecule has 4 atom stereocenters. The Morgan fingerprint density at radius 1 is 1.44 bits per heavy atom. The number of H-pyrrole nitrogens is 1. The van der Waals surface area contributed by atoms with E-state index in [0.717, 1.165) is 6.16 Å². The molecule has 10 heteroatoms. The van der Waals surface area contributed by atoms with Crippen LogP contribution in [0, 0.1) is 4.64 Å². The molecule has 0 aromatic carbocycles. The van der Waals surface area contributed by atoms with E-state index in [4.69, 9.17) is 17.0 Å². The molecule has 0 bridgehead atoms. The molecule has 1 saturated heterocycles. The number of aromatic nitrogens is 4. The molecule has 0 spiro atoms. The van der Waals surface area contributed by atoms with Gasteiger partial charge in [0.2, 0.25) is 5.95 Å². The average Bonchev–Trinajstić information content (AvgIpc) is 3.08. The highest BCUT2D eigenvalue weighted by Crippen LogP contribution is 2.39. The van der Waals surface area contributed by atoms with E-state index in [2.05, 4.69) is 39.9 Å². The minimum absolute atomic E-state index is 0.352. The van der Waals surface area contributed by atoms with E-state index in [1.807, 2.05) is 0 Å². The molecule has 1 aliphatic rings. The first-order valence-corrected chi connectivity index (χ1v) is 11.5. The van der Waals surface area contributed by atoms with Gasteiger partial charge >= 0.3 is 0 Å². The van der Waals surface area contributed by atoms with Crippen LogP contribution in [0.15, 0.2) is 6.33 Å². The van der Waals surface area contributed by atoms with Gasteiger partial charge in [-0.25, -0.2) is 9.97 Å². The van der Waals surface area contributed by atoms with E-state index in [1.54, 1.807) is 17.9 Å². The Labute approximate surface area is 151 Å². The second-order valence-electron chi connectivity index (χ2n) is 6.98. The van der Waals surface area contributed by atoms with Gasteiger partial charge in [0.05, 0.1) is 12.4 Å². The first-order chi connectivity index (χ1) is 11.7. The molecule has 2 aromatic heterocycles. The predicted octanol–water partition coefficient (Wildman–Crippen LogP) is 1.25. The van der Waals surface area contributed by atoms with Crippen molar-refractivity contribution in [2.45, 2.75) is 31.0 Å². The predicted molar refractivity (Wildman–Crippen MR) is 104 cm³/mol. The van der Waals surface area contributed by atoms with Crippen molar-refractivity contribution < 1.29 is 14.9 Å². The van der Waals surface area contributed by atoms with Crippen LogP contribution in [-0.2, 0) is 4.74 Å². The number of fused-ring (bicyclic) bond motifs is 1. The molecule has 1 aliphatic heterocycles. The fraction of sp³-hybridized carbons (Fsp3) is 0.600. The van der Waals surface area contributed by atoms with Crippen molar-refractivity contribution in [1.82, 2.24) is 19.5 Å². The third-order valence-electron chi connectivity index (χ3n) is 4.31. The molecule has 4 N–H and O–H groups in total. The van der Waals surface area contributed by atoms with Crippen molar-refractivity contribution in [3.05, 3.63) is 11.0 Å². The topological polar surface area (TPSA) is 108 Å². The molecule has 0 radical (unpaired) electrons. The zero-order valence-electron chi connectivity index (χ0n) is 14.5. The van der Waals surface area contributed by atoms with Gasteiger partial charge in [0.15, 0.2) is 10.9 Å². The van der Waals surface area contributed by atoms with Gasteiger partial charge in [-0.2, -0.15) is 0 Å². The van der Waals surface area contributed by atoms with Crippen molar-refractivity contribution in [2.24, 2.45) is 0 Å². The number of hydrogen-bond acceptors (Lipinski definition) is 7. The highest BCUT2D eigenvalue weighted by molar-refractivity contribution is 7.72. The SMILES string of the molecule is C=P(C)(C)CC[C@H]1O[C@@H](n2cnc3c(=S)nc(NC)[nH]c32)[C@H](O)[C@@H]1O. The molecule has 0 unspecified atom stereocenters. The summed E-state index contributed by atoms with van der Waals surface area (Å²) in [5.41, 5.74) is 1.11. The number of nitrogens with zero attached hydrogens (tertiary/aromatic N) is 3. The number of imidazole rings is 1. The standard InChI is InChI=1S/C15H24N5O3PS/c1-16-15-18-12-9(13(25)19-15)17-7-20(12)14-11(22)10(21)8(23-14)5-6-24(2,3)4/h7-8,10-11,14,21-22H,2,5-6H2,1,3-4H3,(H2,16,18,19,25)/t8-,10-,11-,14-/m1/s1. The lowest BCUT2D eigenvalue weighted by Crippen LogP contribution is -2.31. The van der Waals surface area contributed by atoms with Gasteiger partial charge in [-0.15, -0.1) is 13.2 Å². The first kappa shape index (κ1) is 18.5. The van der Waals surface area contributed by atoms with Gasteiger partial charge < -0.3 is 25.3 Å². The molecule has 2 aromatic rings. The Morgan fingerprint density at radius 2 is 2.16 bits per heavy atom. The molecular weight excluding hydrogens is 361 g/mol. The van der Waals surface area contributed by atoms with Gasteiger partial charge in [0.1, 0.15) is 23.4 Å². The largest absolute Gasteiger partial charge is 0.388 e. The molecule has 0 amide bonds. The number of aliphatic hydroxyl groups excluding tert-OH is 2. The molecular formula is C15H24N5O3PS. The molecule has 3 rings (SSSR count). The summed E-state index contributed by atoms with van der Waals surface area (Å²) in [6.45, 7) is 3.04. The summed E-state index contributed by atoms with van der Waals surface area (Å²) >= 11 is 5.25. The van der Waals surface area contributed by atoms with Crippen LogP contribution in [0.1, 0.15) is 12.6 Å². The zero-order chi connectivity index (χ0) is 18.4. The van der Waals surface area contributed by atoms with E-state index in [9.17, 15) is 10.2 Å². The highest BCUT2D eigenvalue weighted by Gasteiger charge is 2.44. The Hall–Kier alpha value is -1.25. The Balaban J connectivity index is 1.91. The monoisotopic (exact) mass is 385 g/mol. The summed E-state index contributed by atoms with van der Waals surface area (Å²) < 4.78 is 7.98. The molecule has 25 heavy (non-hydrogen) atoms. The number of hydrogen-bond donors (Lipinski definition) is 4. The van der Waals surface area contributed by atoms with E-state index >= 15 is 0 Å². The van der Waals surface area contributed by atoms with Gasteiger partial charge in [0.25, 0.3) is 0 Å². The van der Waals surface area contributed by atoms with Crippen LogP contribution < -0.4 is 5.32 Å². The fourth-order valence-electron chi connectivity index (χ4n) is 2.92. The lowest BCUT2D eigenvalue weighted by molar-refractivity contribution is -0.0353. The smallest absolute Gasteiger partial charge is 0.202 e. The van der Waals surface area contributed by atoms with Crippen molar-refractivity contribution in [2.75, 3.05) is 31.9 Å². The van der Waals surface area contributed by atoms with Crippen LogP contribution >= 0.6 is 19.1 Å². The third kappa shape index (κ3) is 3.66. The maximum atomic E-state index is 10.5. The number of aromatic amines is 1. The lowest BCUT2D eigenvalue weighted by Gasteiger charge is -2.18. The minimum atomic E-state index is -1.23. The summed E-state index contributed by atoms with van der Waals surface area (Å²) in [6, 6.07) is 0. The van der Waals surface area contributed by atoms with Crippen molar-refractivity contribution in [3.8, 4) is 0 Å². The van der Waals surface area contributed by atoms with Crippen molar-refractivity contribution in [1.29, 1.82) is 0 Å². The van der Waals surface area contributed by atoms with Crippen LogP contribution in [-0.4, -0.2) is 80.9 Å². The third-order valence-corrected chi connectivity index (χ3v) is 6.07. The molecule has 8 nitrogen and oxygen atoms in total. The number of ether oxygens (including phenoxy) is 1. The van der Waals surface area contributed by atoms with Crippen LogP contribution in [0.25, 0.3) is 11.2 Å². The summed E-state index contributed by atoms with van der Waals surface area (Å²) in [5.74, 6) is 0.493. The van der Waals surface area contributed by atoms with Crippen molar-refractivity contribution in [3.63, 3.8) is 0 Å². The van der Waals surface area contributed by atoms with Crippen LogP contribution in [0.5, 0.6) is 0 Å². The van der Waals surface area contributed by atoms with E-state index in [-0.39, 0.29) is 0 Å². The first-order valence-electron chi connectivity index (χ1n) is 8.05. The molecule has 3 heterocycles. The zero-order valence-corrected chi connectivity index (χ0v) is 16.2. The normalized spacial score (nSPS) is 27.1. The Bertz CT molecular complexity index is 876. The minimum Gasteiger partial charge on any atom is -0.388 e. The lowest BCUT2D eigenvalue weighted by atomic mass is 10.1. The van der Waals surface area contributed by atoms with Crippen LogP contribution in [0.3, 0.4) is 0 Å². The second kappa shape index (κ2) is 6.81. The summed E-state index contributed by atoms with van der Waals surface area (Å²) in [6.07, 6.45) is 4.07. The number of rotatable bonds is 5. The Kier molecular flexibility index (Phi) is 5.05. The van der Waals surface area contributed by atoms with Gasteiger partial charge in [-0.1, -0.05) is 12.2 Å². The van der Waals surface area contributed by atoms with E-state index in [1.165, 1.54) is 0 Å². The van der Waals surface area contributed by atoms with Crippen LogP contribution in [0.4, 0.5) is 5.95 Å². The van der Waals surface area contributed by atoms with Gasteiger partial charge in [0, 0.05) is 7.05 Å². The van der Waals surface area contributed by atoms with E-state index in [0.29, 0.717) is 28.2 Å². The highest BCUT2D eigenvalue weighted by atomic mass is 32.1. The van der Waals surface area contributed by atoms with Crippen molar-refractivity contribution >= 4 is 42.5 Å². The Morgan fingerprint density at radius 3 is 2.80 bits per heavy atom. The second-order valence-corrected chi connectivity index (χ2v) is 11.7. The van der Waals surface area contributed by atoms with E-state index < -0.39 is 31.4 Å². The summed E-state index contributed by atoms with van der Waals surface area (Å²) in [4.78, 5) is 11.5. The van der Waals surface area contributed by atoms with Crippen LogP contribution in [0.2, 0.25) is 0 Å². The molecule has 1 fully saturated rings. The quantitative estimate of drug-likeness (QED) is 0.453. The maximum absolute atomic E-state index is 10.5. The molecule has 138 valence electrons. The maximum Gasteiger partial charge on any atom is 0.202 e. The number of aliphatic hydroxyl groups is 2.